The molecular weight excluding hydrogens is 357 g/mol. The second-order valence-electron chi connectivity index (χ2n) is 4.62. The van der Waals surface area contributed by atoms with E-state index in [1.807, 2.05) is 0 Å². The third kappa shape index (κ3) is 3.82. The molecule has 0 radical (unpaired) electrons. The van der Waals surface area contributed by atoms with Crippen LogP contribution in [0, 0.1) is 6.07 Å². The molecule has 1 aliphatic carbocycles. The Morgan fingerprint density at radius 3 is 2.83 bits per heavy atom. The summed E-state index contributed by atoms with van der Waals surface area (Å²) in [6, 6.07) is 9.62. The molecule has 0 saturated carbocycles. The SMILES string of the molecule is OC1=CCC(Cl)(Oc2ccc(Cl)cc2)C(C#[N+]c2ncns2)=C1. The number of alkyl halides is 1. The summed E-state index contributed by atoms with van der Waals surface area (Å²) >= 11 is 13.6. The highest BCUT2D eigenvalue weighted by Crippen LogP contribution is 2.37. The van der Waals surface area contributed by atoms with Crippen LogP contribution in [0.2, 0.25) is 5.02 Å². The molecule has 0 aliphatic heterocycles. The summed E-state index contributed by atoms with van der Waals surface area (Å²) in [5.74, 6) is 0.624. The van der Waals surface area contributed by atoms with Gasteiger partial charge in [0.1, 0.15) is 17.1 Å². The van der Waals surface area contributed by atoms with Crippen molar-refractivity contribution < 1.29 is 9.84 Å². The molecule has 0 fully saturated rings. The first-order valence-corrected chi connectivity index (χ1v) is 8.06. The summed E-state index contributed by atoms with van der Waals surface area (Å²) in [6.07, 6.45) is 4.68. The van der Waals surface area contributed by atoms with Gasteiger partial charge in [-0.3, -0.25) is 0 Å². The Hall–Kier alpha value is -2.07. The predicted molar refractivity (Wildman–Crippen MR) is 90.9 cm³/mol. The Labute approximate surface area is 146 Å². The van der Waals surface area contributed by atoms with Gasteiger partial charge in [-0.1, -0.05) is 23.2 Å². The predicted octanol–water partition coefficient (Wildman–Crippen LogP) is 4.94. The zero-order valence-electron chi connectivity index (χ0n) is 11.6. The standard InChI is InChI=1S/C15H9Cl2N3O2S/c16-11-1-3-13(4-2-11)22-15(17)6-5-12(21)7-10(15)8-18-14-19-9-20-23-14/h1-5,7,9H,6H2/p+1. The van der Waals surface area contributed by atoms with E-state index in [0.29, 0.717) is 21.5 Å². The number of nitrogens with zero attached hydrogens (tertiary/aromatic N) is 3. The Morgan fingerprint density at radius 1 is 1.35 bits per heavy atom. The second kappa shape index (κ2) is 6.59. The molecule has 0 saturated heterocycles. The molecule has 1 heterocycles. The molecule has 1 aromatic carbocycles. The van der Waals surface area contributed by atoms with Gasteiger partial charge in [0.25, 0.3) is 0 Å². The molecule has 1 aliphatic rings. The number of hydrogen-bond acceptors (Lipinski definition) is 5. The molecular formula is C15H10Cl2N3O2S+. The molecule has 5 nitrogen and oxygen atoms in total. The number of ether oxygens (including phenoxy) is 1. The molecule has 1 unspecified atom stereocenters. The van der Waals surface area contributed by atoms with Crippen molar-refractivity contribution in [1.29, 1.82) is 0 Å². The van der Waals surface area contributed by atoms with Crippen molar-refractivity contribution in [3.63, 3.8) is 0 Å². The third-order valence-corrected chi connectivity index (χ3v) is 4.23. The first-order valence-electron chi connectivity index (χ1n) is 6.53. The maximum absolute atomic E-state index is 9.72. The van der Waals surface area contributed by atoms with Crippen molar-refractivity contribution in [3.05, 3.63) is 63.9 Å². The zero-order valence-corrected chi connectivity index (χ0v) is 13.9. The van der Waals surface area contributed by atoms with E-state index in [9.17, 15) is 5.11 Å². The highest BCUT2D eigenvalue weighted by atomic mass is 35.5. The lowest BCUT2D eigenvalue weighted by molar-refractivity contribution is 0.197. The van der Waals surface area contributed by atoms with Gasteiger partial charge >= 0.3 is 5.13 Å². The highest BCUT2D eigenvalue weighted by Gasteiger charge is 2.37. The quantitative estimate of drug-likeness (QED) is 0.764. The molecule has 116 valence electrons. The third-order valence-electron chi connectivity index (χ3n) is 2.98. The van der Waals surface area contributed by atoms with E-state index in [1.165, 1.54) is 12.4 Å². The number of benzene rings is 1. The summed E-state index contributed by atoms with van der Waals surface area (Å²) < 4.78 is 9.71. The van der Waals surface area contributed by atoms with Crippen molar-refractivity contribution in [2.24, 2.45) is 0 Å². The van der Waals surface area contributed by atoms with Crippen LogP contribution in [-0.2, 0) is 0 Å². The van der Waals surface area contributed by atoms with Crippen molar-refractivity contribution in [2.75, 3.05) is 0 Å². The lowest BCUT2D eigenvalue weighted by Crippen LogP contribution is -2.32. The van der Waals surface area contributed by atoms with Crippen LogP contribution in [0.4, 0.5) is 5.13 Å². The van der Waals surface area contributed by atoms with Crippen molar-refractivity contribution >= 4 is 39.9 Å². The largest absolute Gasteiger partial charge is 0.508 e. The van der Waals surface area contributed by atoms with E-state index in [4.69, 9.17) is 27.9 Å². The fourth-order valence-corrected chi connectivity index (χ4v) is 2.65. The number of hydrogen-bond donors (Lipinski definition) is 1. The van der Waals surface area contributed by atoms with Gasteiger partial charge in [0.05, 0.1) is 11.5 Å². The van der Waals surface area contributed by atoms with E-state index in [2.05, 4.69) is 20.3 Å². The minimum absolute atomic E-state index is 0.0796. The maximum Gasteiger partial charge on any atom is 0.504 e. The van der Waals surface area contributed by atoms with Gasteiger partial charge in [0.2, 0.25) is 11.4 Å². The number of aliphatic hydroxyl groups excluding tert-OH is 1. The van der Waals surface area contributed by atoms with Crippen LogP contribution < -0.4 is 4.74 Å². The number of aromatic nitrogens is 2. The number of halogens is 2. The van der Waals surface area contributed by atoms with Gasteiger partial charge in [-0.25, -0.2) is 0 Å². The fourth-order valence-electron chi connectivity index (χ4n) is 1.89. The van der Waals surface area contributed by atoms with E-state index >= 15 is 0 Å². The van der Waals surface area contributed by atoms with E-state index in [-0.39, 0.29) is 12.2 Å². The molecule has 2 aromatic rings. The van der Waals surface area contributed by atoms with Crippen LogP contribution in [0.3, 0.4) is 0 Å². The van der Waals surface area contributed by atoms with Gasteiger partial charge in [-0.05, 0) is 30.3 Å². The van der Waals surface area contributed by atoms with Crippen LogP contribution in [0.25, 0.3) is 4.85 Å². The zero-order chi connectivity index (χ0) is 16.3. The van der Waals surface area contributed by atoms with Crippen molar-refractivity contribution in [1.82, 2.24) is 9.36 Å². The van der Waals surface area contributed by atoms with Crippen molar-refractivity contribution in [3.8, 4) is 11.8 Å². The smallest absolute Gasteiger partial charge is 0.504 e. The summed E-state index contributed by atoms with van der Waals surface area (Å²) in [4.78, 5) is 8.01. The molecule has 0 spiro atoms. The van der Waals surface area contributed by atoms with E-state index in [0.717, 1.165) is 11.5 Å². The molecule has 8 heteroatoms. The summed E-state index contributed by atoms with van der Waals surface area (Å²) in [5.41, 5.74) is 0.393. The molecule has 1 N–H and O–H groups in total. The minimum atomic E-state index is -1.23. The lowest BCUT2D eigenvalue weighted by Gasteiger charge is -2.28. The molecule has 0 amide bonds. The van der Waals surface area contributed by atoms with Crippen LogP contribution in [-0.4, -0.2) is 19.5 Å². The molecule has 1 atom stereocenters. The second-order valence-corrected chi connectivity index (χ2v) is 6.43. The normalized spacial score (nSPS) is 20.1. The summed E-state index contributed by atoms with van der Waals surface area (Å²) in [5, 5.41) is 9.52. The van der Waals surface area contributed by atoms with Gasteiger partial charge in [-0.2, -0.15) is 0 Å². The number of allylic oxidation sites excluding steroid dienone is 1. The Kier molecular flexibility index (Phi) is 4.53. The Bertz CT molecular complexity index is 823. The Morgan fingerprint density at radius 2 is 2.13 bits per heavy atom. The summed E-state index contributed by atoms with van der Waals surface area (Å²) in [7, 11) is 0. The van der Waals surface area contributed by atoms with Gasteiger partial charge in [0.15, 0.2) is 6.07 Å². The number of rotatable bonds is 2. The van der Waals surface area contributed by atoms with Crippen molar-refractivity contribution in [2.45, 2.75) is 11.5 Å². The first-order chi connectivity index (χ1) is 11.0. The van der Waals surface area contributed by atoms with E-state index in [1.54, 1.807) is 30.3 Å². The molecule has 0 bridgehead atoms. The monoisotopic (exact) mass is 366 g/mol. The van der Waals surface area contributed by atoms with Crippen LogP contribution in [0.1, 0.15) is 6.42 Å². The van der Waals surface area contributed by atoms with Crippen LogP contribution in [0.5, 0.6) is 5.75 Å². The topological polar surface area (TPSA) is 59.6 Å². The molecule has 3 rings (SSSR count). The average molecular weight is 367 g/mol. The van der Waals surface area contributed by atoms with Gasteiger partial charge in [0, 0.05) is 22.5 Å². The highest BCUT2D eigenvalue weighted by molar-refractivity contribution is 7.09. The first kappa shape index (κ1) is 15.8. The summed E-state index contributed by atoms with van der Waals surface area (Å²) in [6.45, 7) is 0. The number of aliphatic hydroxyl groups is 1. The van der Waals surface area contributed by atoms with Gasteiger partial charge < -0.3 is 9.84 Å². The molecule has 23 heavy (non-hydrogen) atoms. The minimum Gasteiger partial charge on any atom is -0.508 e. The van der Waals surface area contributed by atoms with Crippen LogP contribution >= 0.6 is 34.7 Å². The average Bonchev–Trinajstić information content (AvgIpc) is 3.04. The Balaban J connectivity index is 1.89. The maximum atomic E-state index is 9.72. The van der Waals surface area contributed by atoms with Crippen LogP contribution in [0.15, 0.2) is 54.1 Å². The molecule has 1 aromatic heterocycles. The van der Waals surface area contributed by atoms with Gasteiger partial charge in [-0.15, -0.1) is 9.22 Å². The fraction of sp³-hybridized carbons (Fsp3) is 0.133. The van der Waals surface area contributed by atoms with E-state index < -0.39 is 5.06 Å². The lowest BCUT2D eigenvalue weighted by atomic mass is 10.0.